The van der Waals surface area contributed by atoms with Crippen LogP contribution in [-0.4, -0.2) is 53.6 Å². The molecule has 3 atom stereocenters. The summed E-state index contributed by atoms with van der Waals surface area (Å²) in [5.74, 6) is -1.80. The monoisotopic (exact) mass is 263 g/mol. The zero-order chi connectivity index (χ0) is 14.1. The number of hydrogen-bond donors (Lipinski definition) is 3. The molecule has 7 heteroatoms. The highest BCUT2D eigenvalue weighted by Gasteiger charge is 2.18. The number of esters is 1. The second-order valence-corrected chi connectivity index (χ2v) is 3.99. The third-order valence-corrected chi connectivity index (χ3v) is 2.28. The van der Waals surface area contributed by atoms with Crippen molar-refractivity contribution >= 4 is 11.9 Å². The Morgan fingerprint density at radius 2 is 2.00 bits per heavy atom. The number of carbonyl (C=O) groups excluding carboxylic acids is 1. The Kier molecular flexibility index (Phi) is 8.27. The van der Waals surface area contributed by atoms with Gasteiger partial charge in [0.15, 0.2) is 0 Å². The second kappa shape index (κ2) is 8.84. The Labute approximate surface area is 106 Å². The van der Waals surface area contributed by atoms with E-state index in [1.807, 2.05) is 6.92 Å². The average molecular weight is 263 g/mol. The van der Waals surface area contributed by atoms with E-state index in [0.29, 0.717) is 6.42 Å². The summed E-state index contributed by atoms with van der Waals surface area (Å²) in [7, 11) is 0. The van der Waals surface area contributed by atoms with Crippen LogP contribution >= 0.6 is 0 Å². The van der Waals surface area contributed by atoms with Gasteiger partial charge < -0.3 is 25.4 Å². The molecule has 0 heterocycles. The predicted octanol–water partition coefficient (Wildman–Crippen LogP) is -0.492. The van der Waals surface area contributed by atoms with Gasteiger partial charge in [0.05, 0.1) is 25.2 Å². The molecule has 0 fully saturated rings. The number of aliphatic hydroxyl groups is 1. The van der Waals surface area contributed by atoms with E-state index in [0.717, 1.165) is 0 Å². The van der Waals surface area contributed by atoms with E-state index in [4.69, 9.17) is 25.4 Å². The van der Waals surface area contributed by atoms with Crippen molar-refractivity contribution in [2.45, 2.75) is 44.9 Å². The number of nitrogens with two attached hydrogens (primary N) is 1. The van der Waals surface area contributed by atoms with E-state index in [9.17, 15) is 9.59 Å². The van der Waals surface area contributed by atoms with Gasteiger partial charge in [-0.05, 0) is 13.3 Å². The maximum absolute atomic E-state index is 11.3. The van der Waals surface area contributed by atoms with Gasteiger partial charge in [-0.25, -0.2) is 0 Å². The zero-order valence-corrected chi connectivity index (χ0v) is 10.7. The standard InChI is InChI=1S/C11H21NO6/c1-3-8(5-13)18-7(2)4-10(14)17-6-9(12)11(15)16/h7-9,13H,3-6,12H2,1-2H3,(H,15,16). The van der Waals surface area contributed by atoms with Gasteiger partial charge in [-0.1, -0.05) is 6.92 Å². The van der Waals surface area contributed by atoms with Crippen LogP contribution in [0.3, 0.4) is 0 Å². The minimum absolute atomic E-state index is 0.0111. The quantitative estimate of drug-likeness (QED) is 0.480. The zero-order valence-electron chi connectivity index (χ0n) is 10.7. The molecular formula is C11H21NO6. The Balaban J connectivity index is 3.90. The summed E-state index contributed by atoms with van der Waals surface area (Å²) in [6.45, 7) is 3.06. The lowest BCUT2D eigenvalue weighted by molar-refractivity contribution is -0.151. The molecule has 0 amide bonds. The first-order chi connectivity index (χ1) is 8.40. The molecule has 0 saturated heterocycles. The largest absolute Gasteiger partial charge is 0.480 e. The first-order valence-electron chi connectivity index (χ1n) is 5.81. The number of hydrogen-bond acceptors (Lipinski definition) is 6. The molecule has 0 aromatic carbocycles. The molecule has 0 spiro atoms. The van der Waals surface area contributed by atoms with E-state index in [1.165, 1.54) is 0 Å². The van der Waals surface area contributed by atoms with Gasteiger partial charge in [0.2, 0.25) is 0 Å². The molecular weight excluding hydrogens is 242 g/mol. The Hall–Kier alpha value is -1.18. The molecule has 0 aromatic heterocycles. The molecule has 0 aliphatic rings. The summed E-state index contributed by atoms with van der Waals surface area (Å²) in [4.78, 5) is 21.7. The van der Waals surface area contributed by atoms with Crippen molar-refractivity contribution in [3.63, 3.8) is 0 Å². The summed E-state index contributed by atoms with van der Waals surface area (Å²) < 4.78 is 10.1. The summed E-state index contributed by atoms with van der Waals surface area (Å²) in [5.41, 5.74) is 5.18. The van der Waals surface area contributed by atoms with E-state index in [1.54, 1.807) is 6.92 Å². The molecule has 3 unspecified atom stereocenters. The van der Waals surface area contributed by atoms with Gasteiger partial charge >= 0.3 is 11.9 Å². The third-order valence-electron chi connectivity index (χ3n) is 2.28. The van der Waals surface area contributed by atoms with Crippen LogP contribution in [0.4, 0.5) is 0 Å². The van der Waals surface area contributed by atoms with Crippen molar-refractivity contribution in [3.8, 4) is 0 Å². The van der Waals surface area contributed by atoms with E-state index < -0.39 is 24.1 Å². The lowest BCUT2D eigenvalue weighted by Gasteiger charge is -2.19. The van der Waals surface area contributed by atoms with Crippen LogP contribution in [0.25, 0.3) is 0 Å². The first kappa shape index (κ1) is 16.8. The SMILES string of the molecule is CCC(CO)OC(C)CC(=O)OCC(N)C(=O)O. The molecule has 7 nitrogen and oxygen atoms in total. The van der Waals surface area contributed by atoms with Gasteiger partial charge in [-0.2, -0.15) is 0 Å². The minimum atomic E-state index is -1.22. The van der Waals surface area contributed by atoms with Crippen molar-refractivity contribution < 1.29 is 29.3 Å². The van der Waals surface area contributed by atoms with Crippen LogP contribution in [0.2, 0.25) is 0 Å². The number of aliphatic hydroxyl groups excluding tert-OH is 1. The van der Waals surface area contributed by atoms with Crippen LogP contribution in [0, 0.1) is 0 Å². The summed E-state index contributed by atoms with van der Waals surface area (Å²) >= 11 is 0. The molecule has 0 bridgehead atoms. The molecule has 0 rings (SSSR count). The normalized spacial score (nSPS) is 15.8. The Bertz CT molecular complexity index is 266. The summed E-state index contributed by atoms with van der Waals surface area (Å²) in [6, 6.07) is -1.22. The van der Waals surface area contributed by atoms with Gasteiger partial charge in [-0.15, -0.1) is 0 Å². The lowest BCUT2D eigenvalue weighted by atomic mass is 10.2. The van der Waals surface area contributed by atoms with Gasteiger partial charge in [0, 0.05) is 0 Å². The highest BCUT2D eigenvalue weighted by molar-refractivity contribution is 5.74. The molecule has 0 saturated carbocycles. The molecule has 0 aromatic rings. The average Bonchev–Trinajstić information content (AvgIpc) is 2.32. The van der Waals surface area contributed by atoms with E-state index in [2.05, 4.69) is 0 Å². The smallest absolute Gasteiger partial charge is 0.324 e. The number of ether oxygens (including phenoxy) is 2. The van der Waals surface area contributed by atoms with Crippen LogP contribution in [-0.2, 0) is 19.1 Å². The topological polar surface area (TPSA) is 119 Å². The molecule has 4 N–H and O–H groups in total. The second-order valence-electron chi connectivity index (χ2n) is 3.99. The number of carboxylic acids is 1. The fraction of sp³-hybridized carbons (Fsp3) is 0.818. The van der Waals surface area contributed by atoms with Crippen molar-refractivity contribution in [2.24, 2.45) is 5.73 Å². The first-order valence-corrected chi connectivity index (χ1v) is 5.81. The van der Waals surface area contributed by atoms with Crippen molar-refractivity contribution in [1.29, 1.82) is 0 Å². The van der Waals surface area contributed by atoms with Crippen LogP contribution in [0.15, 0.2) is 0 Å². The van der Waals surface area contributed by atoms with E-state index in [-0.39, 0.29) is 25.7 Å². The van der Waals surface area contributed by atoms with Crippen LogP contribution < -0.4 is 5.73 Å². The maximum Gasteiger partial charge on any atom is 0.324 e. The number of rotatable bonds is 9. The number of carboxylic acid groups (broad SMARTS) is 1. The number of carbonyl (C=O) groups is 2. The lowest BCUT2D eigenvalue weighted by Crippen LogP contribution is -2.36. The molecule has 0 aliphatic carbocycles. The fourth-order valence-electron chi connectivity index (χ4n) is 1.19. The van der Waals surface area contributed by atoms with Gasteiger partial charge in [0.1, 0.15) is 12.6 Å². The van der Waals surface area contributed by atoms with Gasteiger partial charge in [-0.3, -0.25) is 9.59 Å². The van der Waals surface area contributed by atoms with Crippen molar-refractivity contribution in [1.82, 2.24) is 0 Å². The van der Waals surface area contributed by atoms with Crippen molar-refractivity contribution in [2.75, 3.05) is 13.2 Å². The van der Waals surface area contributed by atoms with E-state index >= 15 is 0 Å². The number of aliphatic carboxylic acids is 1. The molecule has 0 aliphatic heterocycles. The Morgan fingerprint density at radius 1 is 1.39 bits per heavy atom. The third kappa shape index (κ3) is 7.21. The van der Waals surface area contributed by atoms with Crippen LogP contribution in [0.5, 0.6) is 0 Å². The molecule has 18 heavy (non-hydrogen) atoms. The Morgan fingerprint density at radius 3 is 2.44 bits per heavy atom. The van der Waals surface area contributed by atoms with Gasteiger partial charge in [0.25, 0.3) is 0 Å². The molecule has 106 valence electrons. The van der Waals surface area contributed by atoms with Crippen molar-refractivity contribution in [3.05, 3.63) is 0 Å². The molecule has 0 radical (unpaired) electrons. The minimum Gasteiger partial charge on any atom is -0.480 e. The highest BCUT2D eigenvalue weighted by Crippen LogP contribution is 2.06. The highest BCUT2D eigenvalue weighted by atomic mass is 16.5. The fourth-order valence-corrected chi connectivity index (χ4v) is 1.19. The van der Waals surface area contributed by atoms with Crippen LogP contribution in [0.1, 0.15) is 26.7 Å². The summed E-state index contributed by atoms with van der Waals surface area (Å²) in [6.07, 6.45) is -0.0902. The predicted molar refractivity (Wildman–Crippen MR) is 62.9 cm³/mol. The maximum atomic E-state index is 11.3. The summed E-state index contributed by atoms with van der Waals surface area (Å²) in [5, 5.41) is 17.4.